The van der Waals surface area contributed by atoms with Crippen molar-refractivity contribution in [1.29, 1.82) is 0 Å². The molecule has 0 fully saturated rings. The molecule has 0 N–H and O–H groups in total. The quantitative estimate of drug-likeness (QED) is 0.616. The lowest BCUT2D eigenvalue weighted by molar-refractivity contribution is 0.0511. The topological polar surface area (TPSA) is 95.7 Å². The van der Waals surface area contributed by atoms with Crippen molar-refractivity contribution in [1.82, 2.24) is 5.16 Å². The summed E-state index contributed by atoms with van der Waals surface area (Å²) < 4.78 is 14.4. The molecule has 0 aliphatic rings. The Balaban J connectivity index is 2.44. The van der Waals surface area contributed by atoms with Crippen LogP contribution in [0.25, 0.3) is 0 Å². The average Bonchev–Trinajstić information content (AvgIpc) is 2.95. The zero-order valence-electron chi connectivity index (χ0n) is 12.9. The van der Waals surface area contributed by atoms with Gasteiger partial charge in [-0.1, -0.05) is 17.3 Å². The Hall–Kier alpha value is -2.96. The van der Waals surface area contributed by atoms with Gasteiger partial charge in [0, 0.05) is 5.56 Å². The molecule has 0 amide bonds. The molecule has 1 heterocycles. The number of nitrogens with zero attached hydrogens (tertiary/aromatic N) is 1. The van der Waals surface area contributed by atoms with Crippen LogP contribution >= 0.6 is 0 Å². The van der Waals surface area contributed by atoms with E-state index in [0.29, 0.717) is 0 Å². The van der Waals surface area contributed by atoms with Crippen molar-refractivity contribution < 1.29 is 28.4 Å². The first kappa shape index (κ1) is 16.4. The minimum absolute atomic E-state index is 0.0189. The zero-order chi connectivity index (χ0) is 17.0. The van der Waals surface area contributed by atoms with Crippen molar-refractivity contribution in [2.75, 3.05) is 13.7 Å². The fraction of sp³-hybridized carbons (Fsp3) is 0.250. The van der Waals surface area contributed by atoms with Gasteiger partial charge in [0.25, 0.3) is 0 Å². The van der Waals surface area contributed by atoms with Crippen molar-refractivity contribution in [3.8, 4) is 0 Å². The summed E-state index contributed by atoms with van der Waals surface area (Å²) in [7, 11) is 1.25. The third-order valence-electron chi connectivity index (χ3n) is 3.10. The van der Waals surface area contributed by atoms with Crippen LogP contribution in [-0.4, -0.2) is 36.6 Å². The van der Waals surface area contributed by atoms with E-state index in [0.717, 1.165) is 0 Å². The van der Waals surface area contributed by atoms with Crippen molar-refractivity contribution >= 4 is 17.7 Å². The number of hydrogen-bond acceptors (Lipinski definition) is 7. The van der Waals surface area contributed by atoms with E-state index in [1.807, 2.05) is 0 Å². The Kier molecular flexibility index (Phi) is 4.90. The number of hydrogen-bond donors (Lipinski definition) is 0. The molecule has 0 bridgehead atoms. The van der Waals surface area contributed by atoms with Crippen LogP contribution in [0, 0.1) is 6.92 Å². The Morgan fingerprint density at radius 2 is 1.87 bits per heavy atom. The van der Waals surface area contributed by atoms with Crippen LogP contribution in [-0.2, 0) is 9.47 Å². The molecule has 0 aliphatic heterocycles. The summed E-state index contributed by atoms with van der Waals surface area (Å²) >= 11 is 0. The first-order valence-corrected chi connectivity index (χ1v) is 6.86. The number of carbonyl (C=O) groups excluding carboxylic acids is 3. The molecule has 1 aromatic carbocycles. The van der Waals surface area contributed by atoms with Gasteiger partial charge in [-0.3, -0.25) is 4.79 Å². The number of aromatic nitrogens is 1. The fourth-order valence-corrected chi connectivity index (χ4v) is 2.03. The van der Waals surface area contributed by atoms with Gasteiger partial charge in [0.1, 0.15) is 5.76 Å². The molecule has 23 heavy (non-hydrogen) atoms. The van der Waals surface area contributed by atoms with E-state index in [9.17, 15) is 14.4 Å². The van der Waals surface area contributed by atoms with E-state index in [1.165, 1.54) is 32.2 Å². The minimum Gasteiger partial charge on any atom is -0.465 e. The number of ether oxygens (including phenoxy) is 2. The van der Waals surface area contributed by atoms with E-state index in [2.05, 4.69) is 9.89 Å². The molecule has 0 saturated heterocycles. The lowest BCUT2D eigenvalue weighted by Gasteiger charge is -2.04. The SMILES string of the molecule is CCOC(=O)c1noc(C)c1C(=O)c1cccc(C(=O)OC)c1. The van der Waals surface area contributed by atoms with Gasteiger partial charge in [-0.15, -0.1) is 0 Å². The number of ketones is 1. The molecular weight excluding hydrogens is 302 g/mol. The summed E-state index contributed by atoms with van der Waals surface area (Å²) in [5.41, 5.74) is 0.276. The third-order valence-corrected chi connectivity index (χ3v) is 3.10. The summed E-state index contributed by atoms with van der Waals surface area (Å²) in [6.45, 7) is 3.31. The van der Waals surface area contributed by atoms with Gasteiger partial charge >= 0.3 is 11.9 Å². The van der Waals surface area contributed by atoms with Gasteiger partial charge in [0.05, 0.1) is 24.8 Å². The van der Waals surface area contributed by atoms with Crippen LogP contribution in [0.3, 0.4) is 0 Å². The van der Waals surface area contributed by atoms with Crippen molar-refractivity contribution in [2.24, 2.45) is 0 Å². The molecule has 0 atom stereocenters. The highest BCUT2D eigenvalue weighted by Crippen LogP contribution is 2.20. The minimum atomic E-state index is -0.739. The number of benzene rings is 1. The Morgan fingerprint density at radius 3 is 2.52 bits per heavy atom. The van der Waals surface area contributed by atoms with E-state index >= 15 is 0 Å². The summed E-state index contributed by atoms with van der Waals surface area (Å²) in [6, 6.07) is 5.98. The molecule has 7 heteroatoms. The highest BCUT2D eigenvalue weighted by atomic mass is 16.5. The van der Waals surface area contributed by atoms with E-state index < -0.39 is 17.7 Å². The second-order valence-corrected chi connectivity index (χ2v) is 4.58. The highest BCUT2D eigenvalue weighted by Gasteiger charge is 2.27. The predicted octanol–water partition coefficient (Wildman–Crippen LogP) is 2.18. The summed E-state index contributed by atoms with van der Waals surface area (Å²) in [4.78, 5) is 36.1. The third kappa shape index (κ3) is 3.28. The second kappa shape index (κ2) is 6.87. The second-order valence-electron chi connectivity index (χ2n) is 4.58. The molecule has 1 aromatic heterocycles. The highest BCUT2D eigenvalue weighted by molar-refractivity contribution is 6.15. The monoisotopic (exact) mass is 317 g/mol. The molecule has 0 unspecified atom stereocenters. The standard InChI is InChI=1S/C16H15NO6/c1-4-22-16(20)13-12(9(2)23-17-13)14(18)10-6-5-7-11(8-10)15(19)21-3/h5-8H,4H2,1-3H3. The van der Waals surface area contributed by atoms with E-state index in [4.69, 9.17) is 9.26 Å². The molecular formula is C16H15NO6. The van der Waals surface area contributed by atoms with E-state index in [-0.39, 0.29) is 34.8 Å². The molecule has 7 nitrogen and oxygen atoms in total. The maximum Gasteiger partial charge on any atom is 0.361 e. The molecule has 2 aromatic rings. The number of esters is 2. The summed E-state index contributed by atoms with van der Waals surface area (Å²) in [5, 5.41) is 3.59. The number of carbonyl (C=O) groups is 3. The van der Waals surface area contributed by atoms with Gasteiger partial charge in [0.2, 0.25) is 5.69 Å². The van der Waals surface area contributed by atoms with Gasteiger partial charge in [-0.25, -0.2) is 9.59 Å². The van der Waals surface area contributed by atoms with Crippen LogP contribution in [0.2, 0.25) is 0 Å². The van der Waals surface area contributed by atoms with Crippen LogP contribution in [0.15, 0.2) is 28.8 Å². The smallest absolute Gasteiger partial charge is 0.361 e. The maximum absolute atomic E-state index is 12.7. The Morgan fingerprint density at radius 1 is 1.17 bits per heavy atom. The van der Waals surface area contributed by atoms with Crippen molar-refractivity contribution in [3.63, 3.8) is 0 Å². The largest absolute Gasteiger partial charge is 0.465 e. The number of rotatable bonds is 5. The van der Waals surface area contributed by atoms with Crippen molar-refractivity contribution in [2.45, 2.75) is 13.8 Å². The molecule has 0 spiro atoms. The predicted molar refractivity (Wildman–Crippen MR) is 78.4 cm³/mol. The maximum atomic E-state index is 12.7. The number of methoxy groups -OCH3 is 1. The molecule has 0 aliphatic carbocycles. The van der Waals surface area contributed by atoms with Gasteiger partial charge in [-0.2, -0.15) is 0 Å². The molecule has 120 valence electrons. The van der Waals surface area contributed by atoms with Gasteiger partial charge in [0.15, 0.2) is 5.78 Å². The number of aryl methyl sites for hydroxylation is 1. The lowest BCUT2D eigenvalue weighted by Crippen LogP contribution is -2.13. The molecule has 0 radical (unpaired) electrons. The summed E-state index contributed by atoms with van der Waals surface area (Å²) in [5.74, 6) is -1.59. The molecule has 0 saturated carbocycles. The zero-order valence-corrected chi connectivity index (χ0v) is 12.9. The average molecular weight is 317 g/mol. The fourth-order valence-electron chi connectivity index (χ4n) is 2.03. The van der Waals surface area contributed by atoms with Crippen LogP contribution < -0.4 is 0 Å². The van der Waals surface area contributed by atoms with Crippen LogP contribution in [0.4, 0.5) is 0 Å². The first-order valence-electron chi connectivity index (χ1n) is 6.86. The van der Waals surface area contributed by atoms with Crippen LogP contribution in [0.1, 0.15) is 49.5 Å². The molecule has 2 rings (SSSR count). The van der Waals surface area contributed by atoms with E-state index in [1.54, 1.807) is 13.0 Å². The normalized spacial score (nSPS) is 10.2. The Bertz CT molecular complexity index is 762. The van der Waals surface area contributed by atoms with Crippen molar-refractivity contribution in [3.05, 3.63) is 52.4 Å². The first-order chi connectivity index (χ1) is 11.0. The van der Waals surface area contributed by atoms with Gasteiger partial charge in [-0.05, 0) is 26.0 Å². The van der Waals surface area contributed by atoms with Gasteiger partial charge < -0.3 is 14.0 Å². The lowest BCUT2D eigenvalue weighted by atomic mass is 10.00. The summed E-state index contributed by atoms with van der Waals surface area (Å²) in [6.07, 6.45) is 0. The van der Waals surface area contributed by atoms with Crippen LogP contribution in [0.5, 0.6) is 0 Å². The Labute approximate surface area is 132 Å².